The van der Waals surface area contributed by atoms with Crippen molar-refractivity contribution in [3.63, 3.8) is 0 Å². The number of hydrogen-bond donors (Lipinski definition) is 0. The maximum absolute atomic E-state index is 10.5. The summed E-state index contributed by atoms with van der Waals surface area (Å²) in [5.41, 5.74) is 0.00125. The molecule has 1 aromatic carbocycles. The monoisotopic (exact) mass is 267 g/mol. The Morgan fingerprint density at radius 2 is 2.17 bits per heavy atom. The van der Waals surface area contributed by atoms with Crippen LogP contribution < -0.4 is 4.74 Å². The molecule has 2 aromatic rings. The number of non-ortho nitro benzene ring substituents is 1. The number of aromatic nitrogens is 4. The molecule has 0 radical (unpaired) electrons. The van der Waals surface area contributed by atoms with Crippen molar-refractivity contribution in [1.29, 1.82) is 0 Å². The summed E-state index contributed by atoms with van der Waals surface area (Å²) in [7, 11) is 0. The van der Waals surface area contributed by atoms with Gasteiger partial charge < -0.3 is 4.74 Å². The van der Waals surface area contributed by atoms with Crippen LogP contribution in [0.1, 0.15) is 0 Å². The second-order valence-corrected chi connectivity index (χ2v) is 4.05. The number of ether oxygens (including phenoxy) is 1. The van der Waals surface area contributed by atoms with E-state index < -0.39 is 4.92 Å². The Kier molecular flexibility index (Phi) is 3.72. The molecule has 0 amide bonds. The molecule has 0 aliphatic rings. The third-order valence-corrected chi connectivity index (χ3v) is 2.42. The van der Waals surface area contributed by atoms with Crippen molar-refractivity contribution < 1.29 is 9.66 Å². The molecule has 8 nitrogen and oxygen atoms in total. The highest BCUT2D eigenvalue weighted by Crippen LogP contribution is 2.20. The summed E-state index contributed by atoms with van der Waals surface area (Å²) in [5.74, 6) is 1.00. The molecule has 0 aliphatic heterocycles. The van der Waals surface area contributed by atoms with E-state index in [1.807, 2.05) is 6.26 Å². The fourth-order valence-electron chi connectivity index (χ4n) is 1.18. The fraction of sp³-hybridized carbons (Fsp3) is 0.222. The van der Waals surface area contributed by atoms with Gasteiger partial charge >= 0.3 is 6.01 Å². The SMILES string of the molecule is CSCn1nnc(Oc2ccc([N+](=O)[O-])cc2)n1. The van der Waals surface area contributed by atoms with E-state index in [9.17, 15) is 10.1 Å². The number of thioether (sulfide) groups is 1. The number of nitro benzene ring substituents is 1. The molecule has 0 fully saturated rings. The zero-order valence-corrected chi connectivity index (χ0v) is 10.2. The van der Waals surface area contributed by atoms with Crippen molar-refractivity contribution in [3.05, 3.63) is 34.4 Å². The first-order valence-corrected chi connectivity index (χ1v) is 6.27. The van der Waals surface area contributed by atoms with Crippen molar-refractivity contribution in [2.24, 2.45) is 0 Å². The van der Waals surface area contributed by atoms with Gasteiger partial charge in [-0.2, -0.15) is 4.80 Å². The standard InChI is InChI=1S/C9H9N5O3S/c1-18-6-13-11-9(10-12-13)17-8-4-2-7(3-5-8)14(15)16/h2-5H,6H2,1H3. The zero-order valence-electron chi connectivity index (χ0n) is 9.39. The Bertz CT molecular complexity index is 541. The van der Waals surface area contributed by atoms with E-state index in [1.54, 1.807) is 11.8 Å². The summed E-state index contributed by atoms with van der Waals surface area (Å²) >= 11 is 1.55. The van der Waals surface area contributed by atoms with Crippen LogP contribution in [-0.2, 0) is 5.88 Å². The normalized spacial score (nSPS) is 10.3. The highest BCUT2D eigenvalue weighted by atomic mass is 32.2. The molecular weight excluding hydrogens is 258 g/mol. The first kappa shape index (κ1) is 12.3. The zero-order chi connectivity index (χ0) is 13.0. The molecule has 2 rings (SSSR count). The van der Waals surface area contributed by atoms with Crippen LogP contribution in [0.4, 0.5) is 5.69 Å². The van der Waals surface area contributed by atoms with E-state index in [2.05, 4.69) is 15.4 Å². The topological polar surface area (TPSA) is 96.0 Å². The van der Waals surface area contributed by atoms with Crippen LogP contribution in [0.15, 0.2) is 24.3 Å². The van der Waals surface area contributed by atoms with Gasteiger partial charge in [0.15, 0.2) is 0 Å². The van der Waals surface area contributed by atoms with E-state index in [-0.39, 0.29) is 11.7 Å². The van der Waals surface area contributed by atoms with E-state index >= 15 is 0 Å². The van der Waals surface area contributed by atoms with Crippen LogP contribution in [0.3, 0.4) is 0 Å². The van der Waals surface area contributed by atoms with Crippen LogP contribution in [-0.4, -0.2) is 31.4 Å². The first-order chi connectivity index (χ1) is 8.69. The lowest BCUT2D eigenvalue weighted by atomic mass is 10.3. The summed E-state index contributed by atoms with van der Waals surface area (Å²) < 4.78 is 5.30. The molecule has 0 saturated heterocycles. The molecule has 0 spiro atoms. The second-order valence-electron chi connectivity index (χ2n) is 3.22. The van der Waals surface area contributed by atoms with Crippen molar-refractivity contribution in [2.45, 2.75) is 5.88 Å². The van der Waals surface area contributed by atoms with Crippen LogP contribution in [0.25, 0.3) is 0 Å². The Morgan fingerprint density at radius 1 is 1.44 bits per heavy atom. The van der Waals surface area contributed by atoms with Gasteiger partial charge in [0, 0.05) is 12.1 Å². The van der Waals surface area contributed by atoms with E-state index in [0.717, 1.165) is 0 Å². The number of hydrogen-bond acceptors (Lipinski definition) is 7. The van der Waals surface area contributed by atoms with Gasteiger partial charge in [-0.25, -0.2) is 0 Å². The molecule has 0 atom stereocenters. The quantitative estimate of drug-likeness (QED) is 0.600. The number of nitro groups is 1. The van der Waals surface area contributed by atoms with Crippen molar-refractivity contribution >= 4 is 17.4 Å². The Labute approximate surface area is 106 Å². The van der Waals surface area contributed by atoms with Crippen LogP contribution >= 0.6 is 11.8 Å². The average molecular weight is 267 g/mol. The minimum Gasteiger partial charge on any atom is -0.422 e. The van der Waals surface area contributed by atoms with Gasteiger partial charge in [0.1, 0.15) is 11.6 Å². The fourth-order valence-corrected chi connectivity index (χ4v) is 1.52. The summed E-state index contributed by atoms with van der Waals surface area (Å²) in [6, 6.07) is 5.77. The maximum Gasteiger partial charge on any atom is 0.361 e. The third kappa shape index (κ3) is 2.94. The summed E-state index contributed by atoms with van der Waals surface area (Å²) in [6.45, 7) is 0. The molecular formula is C9H9N5O3S. The van der Waals surface area contributed by atoms with Crippen molar-refractivity contribution in [1.82, 2.24) is 20.2 Å². The number of rotatable bonds is 5. The van der Waals surface area contributed by atoms with Crippen molar-refractivity contribution in [3.8, 4) is 11.8 Å². The number of tetrazole rings is 1. The first-order valence-electron chi connectivity index (χ1n) is 4.88. The molecule has 0 N–H and O–H groups in total. The van der Waals surface area contributed by atoms with E-state index in [1.165, 1.54) is 29.1 Å². The van der Waals surface area contributed by atoms with Gasteiger partial charge in [-0.3, -0.25) is 10.1 Å². The van der Waals surface area contributed by atoms with Gasteiger partial charge in [0.05, 0.1) is 4.92 Å². The lowest BCUT2D eigenvalue weighted by Crippen LogP contribution is -1.98. The van der Waals surface area contributed by atoms with E-state index in [4.69, 9.17) is 4.74 Å². The Balaban J connectivity index is 2.06. The van der Waals surface area contributed by atoms with E-state index in [0.29, 0.717) is 11.6 Å². The van der Waals surface area contributed by atoms with Crippen molar-refractivity contribution in [2.75, 3.05) is 6.26 Å². The Hall–Kier alpha value is -2.16. The maximum atomic E-state index is 10.5. The van der Waals surface area contributed by atoms with Crippen LogP contribution in [0.2, 0.25) is 0 Å². The number of nitrogens with zero attached hydrogens (tertiary/aromatic N) is 5. The molecule has 0 aliphatic carbocycles. The lowest BCUT2D eigenvalue weighted by molar-refractivity contribution is -0.384. The lowest BCUT2D eigenvalue weighted by Gasteiger charge is -1.99. The summed E-state index contributed by atoms with van der Waals surface area (Å²) in [6.07, 6.45) is 1.92. The van der Waals surface area contributed by atoms with Crippen LogP contribution in [0, 0.1) is 10.1 Å². The molecule has 0 unspecified atom stereocenters. The minimum absolute atomic E-state index is 0.00125. The van der Waals surface area contributed by atoms with Gasteiger partial charge in [-0.05, 0) is 23.6 Å². The third-order valence-electron chi connectivity index (χ3n) is 1.94. The molecule has 9 heteroatoms. The smallest absolute Gasteiger partial charge is 0.361 e. The molecule has 0 saturated carbocycles. The van der Waals surface area contributed by atoms with Gasteiger partial charge in [-0.1, -0.05) is 10.2 Å². The molecule has 18 heavy (non-hydrogen) atoms. The van der Waals surface area contributed by atoms with Gasteiger partial charge in [0.2, 0.25) is 0 Å². The summed E-state index contributed by atoms with van der Waals surface area (Å²) in [5, 5.41) is 21.9. The average Bonchev–Trinajstić information content (AvgIpc) is 2.78. The second kappa shape index (κ2) is 5.45. The van der Waals surface area contributed by atoms with Gasteiger partial charge in [-0.15, -0.1) is 11.8 Å². The molecule has 94 valence electrons. The Morgan fingerprint density at radius 3 is 2.78 bits per heavy atom. The number of benzene rings is 1. The van der Waals surface area contributed by atoms with Crippen LogP contribution in [0.5, 0.6) is 11.8 Å². The predicted molar refractivity (Wildman–Crippen MR) is 64.5 cm³/mol. The largest absolute Gasteiger partial charge is 0.422 e. The minimum atomic E-state index is -0.475. The molecule has 1 heterocycles. The summed E-state index contributed by atoms with van der Waals surface area (Å²) in [4.78, 5) is 11.4. The predicted octanol–water partition coefficient (Wildman–Crippen LogP) is 1.69. The molecule has 1 aromatic heterocycles. The highest BCUT2D eigenvalue weighted by Gasteiger charge is 2.07. The van der Waals surface area contributed by atoms with Gasteiger partial charge in [0.25, 0.3) is 5.69 Å². The molecule has 0 bridgehead atoms. The highest BCUT2D eigenvalue weighted by molar-refractivity contribution is 7.97.